The van der Waals surface area contributed by atoms with E-state index < -0.39 is 0 Å². The lowest BCUT2D eigenvalue weighted by atomic mass is 10.1. The van der Waals surface area contributed by atoms with Crippen LogP contribution in [0.1, 0.15) is 22.5 Å². The summed E-state index contributed by atoms with van der Waals surface area (Å²) in [6.45, 7) is 2.44. The van der Waals surface area contributed by atoms with E-state index in [-0.39, 0.29) is 5.91 Å². The number of ether oxygens (including phenoxy) is 1. The number of carbonyl (C=O) groups excluding carboxylic acids is 1. The van der Waals surface area contributed by atoms with Crippen LogP contribution in [0.4, 0.5) is 0 Å². The highest BCUT2D eigenvalue weighted by atomic mass is 32.1. The number of amides is 1. The van der Waals surface area contributed by atoms with E-state index in [0.29, 0.717) is 5.92 Å². The van der Waals surface area contributed by atoms with Crippen molar-refractivity contribution in [3.63, 3.8) is 0 Å². The second-order valence-electron chi connectivity index (χ2n) is 3.94. The first-order chi connectivity index (χ1) is 7.75. The van der Waals surface area contributed by atoms with Crippen LogP contribution < -0.4 is 5.32 Å². The van der Waals surface area contributed by atoms with E-state index in [1.807, 2.05) is 5.38 Å². The fourth-order valence-corrected chi connectivity index (χ4v) is 2.80. The Balaban J connectivity index is 1.71. The maximum atomic E-state index is 11.7. The van der Waals surface area contributed by atoms with Gasteiger partial charge in [-0.15, -0.1) is 24.0 Å². The van der Waals surface area contributed by atoms with Gasteiger partial charge >= 0.3 is 0 Å². The van der Waals surface area contributed by atoms with Crippen LogP contribution in [0.5, 0.6) is 0 Å². The van der Waals surface area contributed by atoms with Gasteiger partial charge in [0.1, 0.15) is 0 Å². The molecule has 88 valence electrons. The van der Waals surface area contributed by atoms with Crippen LogP contribution in [-0.4, -0.2) is 25.7 Å². The zero-order valence-electron chi connectivity index (χ0n) is 8.94. The molecule has 0 aromatic carbocycles. The van der Waals surface area contributed by atoms with Crippen LogP contribution >= 0.6 is 24.0 Å². The van der Waals surface area contributed by atoms with Crippen molar-refractivity contribution < 1.29 is 9.53 Å². The first-order valence-electron chi connectivity index (χ1n) is 5.39. The highest BCUT2D eigenvalue weighted by molar-refractivity contribution is 7.80. The Morgan fingerprint density at radius 2 is 2.56 bits per heavy atom. The molecule has 2 heterocycles. The average molecular weight is 257 g/mol. The van der Waals surface area contributed by atoms with Crippen LogP contribution in [-0.2, 0) is 4.74 Å². The van der Waals surface area contributed by atoms with E-state index in [1.54, 1.807) is 6.07 Å². The summed E-state index contributed by atoms with van der Waals surface area (Å²) in [5.41, 5.74) is 0. The summed E-state index contributed by atoms with van der Waals surface area (Å²) in [6.07, 6.45) is 2.13. The molecule has 1 aromatic heterocycles. The Hall–Kier alpha value is -0.520. The molecule has 3 nitrogen and oxygen atoms in total. The summed E-state index contributed by atoms with van der Waals surface area (Å²) in [5.74, 6) is 0.619. The third-order valence-corrected chi connectivity index (χ3v) is 4.03. The SMILES string of the molecule is O=C(NCCC1CCOC1)c1cc(S)cs1. The molecular formula is C11H15NO2S2. The lowest BCUT2D eigenvalue weighted by Gasteiger charge is -2.07. The molecule has 5 heteroatoms. The van der Waals surface area contributed by atoms with Gasteiger partial charge in [-0.25, -0.2) is 0 Å². The molecular weight excluding hydrogens is 242 g/mol. The van der Waals surface area contributed by atoms with Gasteiger partial charge in [0.2, 0.25) is 0 Å². The molecule has 0 saturated carbocycles. The van der Waals surface area contributed by atoms with Gasteiger partial charge < -0.3 is 10.1 Å². The van der Waals surface area contributed by atoms with Gasteiger partial charge in [-0.2, -0.15) is 0 Å². The molecule has 0 radical (unpaired) electrons. The summed E-state index contributed by atoms with van der Waals surface area (Å²) in [5, 5.41) is 4.79. The zero-order valence-corrected chi connectivity index (χ0v) is 10.7. The van der Waals surface area contributed by atoms with Crippen LogP contribution in [0.25, 0.3) is 0 Å². The van der Waals surface area contributed by atoms with Crippen molar-refractivity contribution in [2.75, 3.05) is 19.8 Å². The summed E-state index contributed by atoms with van der Waals surface area (Å²) < 4.78 is 5.28. The lowest BCUT2D eigenvalue weighted by molar-refractivity contribution is 0.0954. The van der Waals surface area contributed by atoms with Crippen molar-refractivity contribution in [2.45, 2.75) is 17.7 Å². The van der Waals surface area contributed by atoms with Crippen molar-refractivity contribution in [1.29, 1.82) is 0 Å². The number of carbonyl (C=O) groups is 1. The molecule has 1 unspecified atom stereocenters. The second kappa shape index (κ2) is 5.70. The summed E-state index contributed by atoms with van der Waals surface area (Å²) in [6, 6.07) is 1.79. The van der Waals surface area contributed by atoms with Crippen molar-refractivity contribution in [2.24, 2.45) is 5.92 Å². The van der Waals surface area contributed by atoms with Gasteiger partial charge in [0, 0.05) is 30.0 Å². The standard InChI is InChI=1S/C11H15NO2S2/c13-11(10-5-9(15)7-16-10)12-3-1-8-2-4-14-6-8/h5,7-8,15H,1-4,6H2,(H,12,13). The minimum absolute atomic E-state index is 0.00390. The number of thiophene rings is 1. The Bertz CT molecular complexity index is 359. The highest BCUT2D eigenvalue weighted by Crippen LogP contribution is 2.18. The molecule has 1 aromatic rings. The fourth-order valence-electron chi connectivity index (χ4n) is 1.73. The zero-order chi connectivity index (χ0) is 11.4. The molecule has 1 saturated heterocycles. The fraction of sp³-hybridized carbons (Fsp3) is 0.545. The molecule has 1 N–H and O–H groups in total. The number of hydrogen-bond acceptors (Lipinski definition) is 4. The Kier molecular flexibility index (Phi) is 4.26. The smallest absolute Gasteiger partial charge is 0.261 e. The van der Waals surface area contributed by atoms with E-state index in [2.05, 4.69) is 17.9 Å². The average Bonchev–Trinajstić information content (AvgIpc) is 2.89. The molecule has 1 aliphatic rings. The topological polar surface area (TPSA) is 38.3 Å². The van der Waals surface area contributed by atoms with Gasteiger partial charge in [-0.3, -0.25) is 4.79 Å². The van der Waals surface area contributed by atoms with Gasteiger partial charge in [-0.1, -0.05) is 0 Å². The summed E-state index contributed by atoms with van der Waals surface area (Å²) >= 11 is 5.60. The predicted octanol–water partition coefficient (Wildman–Crippen LogP) is 2.19. The first kappa shape index (κ1) is 12.0. The van der Waals surface area contributed by atoms with E-state index >= 15 is 0 Å². The van der Waals surface area contributed by atoms with Gasteiger partial charge in [0.25, 0.3) is 5.91 Å². The van der Waals surface area contributed by atoms with E-state index in [9.17, 15) is 4.79 Å². The lowest BCUT2D eigenvalue weighted by Crippen LogP contribution is -2.25. The van der Waals surface area contributed by atoms with E-state index in [4.69, 9.17) is 4.74 Å². The second-order valence-corrected chi connectivity index (χ2v) is 5.37. The molecule has 1 fully saturated rings. The molecule has 16 heavy (non-hydrogen) atoms. The highest BCUT2D eigenvalue weighted by Gasteiger charge is 2.15. The van der Waals surface area contributed by atoms with Crippen LogP contribution in [0.15, 0.2) is 16.3 Å². The van der Waals surface area contributed by atoms with Gasteiger partial charge in [-0.05, 0) is 24.8 Å². The minimum atomic E-state index is 0.00390. The maximum absolute atomic E-state index is 11.7. The van der Waals surface area contributed by atoms with Gasteiger partial charge in [0.15, 0.2) is 0 Å². The number of nitrogens with one attached hydrogen (secondary N) is 1. The molecule has 2 rings (SSSR count). The molecule has 0 aliphatic carbocycles. The quantitative estimate of drug-likeness (QED) is 0.812. The molecule has 0 bridgehead atoms. The van der Waals surface area contributed by atoms with Crippen LogP contribution in [0, 0.1) is 5.92 Å². The molecule has 1 atom stereocenters. The molecule has 1 amide bonds. The minimum Gasteiger partial charge on any atom is -0.381 e. The van der Waals surface area contributed by atoms with Crippen LogP contribution in [0.3, 0.4) is 0 Å². The van der Waals surface area contributed by atoms with Crippen molar-refractivity contribution >= 4 is 29.9 Å². The first-order valence-corrected chi connectivity index (χ1v) is 6.72. The predicted molar refractivity (Wildman–Crippen MR) is 67.4 cm³/mol. The van der Waals surface area contributed by atoms with Crippen molar-refractivity contribution in [3.8, 4) is 0 Å². The van der Waals surface area contributed by atoms with Crippen LogP contribution in [0.2, 0.25) is 0 Å². The third kappa shape index (κ3) is 3.23. The van der Waals surface area contributed by atoms with E-state index in [1.165, 1.54) is 11.3 Å². The summed E-state index contributed by atoms with van der Waals surface area (Å²) in [7, 11) is 0. The number of thiol groups is 1. The summed E-state index contributed by atoms with van der Waals surface area (Å²) in [4.78, 5) is 13.2. The van der Waals surface area contributed by atoms with Crippen molar-refractivity contribution in [1.82, 2.24) is 5.32 Å². The largest absolute Gasteiger partial charge is 0.381 e. The Labute approximate surface area is 105 Å². The van der Waals surface area contributed by atoms with E-state index in [0.717, 1.165) is 42.4 Å². The number of rotatable bonds is 4. The van der Waals surface area contributed by atoms with Crippen molar-refractivity contribution in [3.05, 3.63) is 16.3 Å². The molecule has 1 aliphatic heterocycles. The Morgan fingerprint density at radius 1 is 1.69 bits per heavy atom. The third-order valence-electron chi connectivity index (χ3n) is 2.67. The monoisotopic (exact) mass is 257 g/mol. The molecule has 0 spiro atoms. The number of hydrogen-bond donors (Lipinski definition) is 2. The normalized spacial score (nSPS) is 19.9. The Morgan fingerprint density at radius 3 is 3.19 bits per heavy atom. The maximum Gasteiger partial charge on any atom is 0.261 e. The van der Waals surface area contributed by atoms with Gasteiger partial charge in [0.05, 0.1) is 4.88 Å².